The maximum Gasteiger partial charge on any atom is 0.349 e. The number of hydrogen-bond donors (Lipinski definition) is 3. The zero-order valence-electron chi connectivity index (χ0n) is 26.9. The van der Waals surface area contributed by atoms with Crippen molar-refractivity contribution in [2.45, 2.75) is 84.8 Å². The molecule has 258 valence electrons. The van der Waals surface area contributed by atoms with Crippen molar-refractivity contribution in [2.24, 2.45) is 0 Å². The molecule has 0 spiro atoms. The van der Waals surface area contributed by atoms with Crippen LogP contribution in [-0.2, 0) is 41.7 Å². The number of carbonyl (C=O) groups is 1. The molecule has 16 nitrogen and oxygen atoms in total. The van der Waals surface area contributed by atoms with Crippen LogP contribution in [0.3, 0.4) is 0 Å². The molecule has 4 atom stereocenters. The lowest BCUT2D eigenvalue weighted by Gasteiger charge is -2.21. The van der Waals surface area contributed by atoms with Crippen molar-refractivity contribution in [1.29, 1.82) is 0 Å². The number of ether oxygens (including phenoxy) is 2. The standard InChI is InChI=1S/C30H37N6O10PS/c1-16-11-20-21(12-17(16)2)35(26-25(31-20)28(39)33-29(40)32-26)9-7-5-6-8-10-43-47(42,48)44-15-23-22(45-19(4)37)13-24(46-23)36-14-18(3)27(38)34-30(36)41/h11-12,14,22-24H,5-10,13,15H2,1-4H3,(H,42,48)(H,33,39,40)(H,34,38,41)/t22-,23+,24+,47?/m0/s1. The van der Waals surface area contributed by atoms with Gasteiger partial charge < -0.3 is 28.0 Å². The zero-order chi connectivity index (χ0) is 34.7. The minimum atomic E-state index is -3.68. The molecule has 48 heavy (non-hydrogen) atoms. The highest BCUT2D eigenvalue weighted by Crippen LogP contribution is 2.45. The molecule has 0 aliphatic carbocycles. The van der Waals surface area contributed by atoms with Crippen LogP contribution in [0.15, 0.2) is 37.5 Å². The topological polar surface area (TPSA) is 210 Å². The first-order valence-electron chi connectivity index (χ1n) is 15.4. The van der Waals surface area contributed by atoms with Crippen LogP contribution in [0.25, 0.3) is 22.6 Å². The molecule has 3 aliphatic heterocycles. The van der Waals surface area contributed by atoms with Crippen LogP contribution in [0, 0.1) is 20.8 Å². The van der Waals surface area contributed by atoms with Gasteiger partial charge in [-0.3, -0.25) is 28.9 Å². The van der Waals surface area contributed by atoms with Crippen LogP contribution < -0.4 is 22.5 Å². The molecule has 0 amide bonds. The first-order chi connectivity index (χ1) is 22.7. The molecule has 5 rings (SSSR count). The molecule has 1 unspecified atom stereocenters. The molecule has 3 N–H and O–H groups in total. The van der Waals surface area contributed by atoms with E-state index < -0.39 is 53.6 Å². The number of aromatic amines is 2. The Morgan fingerprint density at radius 2 is 1.75 bits per heavy atom. The molecule has 0 saturated carbocycles. The summed E-state index contributed by atoms with van der Waals surface area (Å²) in [5.41, 5.74) is 1.38. The molecule has 1 aromatic heterocycles. The highest BCUT2D eigenvalue weighted by Gasteiger charge is 2.40. The van der Waals surface area contributed by atoms with Crippen LogP contribution in [0.5, 0.6) is 0 Å². The number of rotatable bonds is 13. The molecular formula is C30H37N6O10PS. The number of fused-ring (bicyclic) bond motifs is 2. The Kier molecular flexibility index (Phi) is 10.9. The van der Waals surface area contributed by atoms with Crippen LogP contribution in [0.1, 0.15) is 61.9 Å². The van der Waals surface area contributed by atoms with Crippen LogP contribution in [0.2, 0.25) is 0 Å². The lowest BCUT2D eigenvalue weighted by molar-refractivity contribution is -0.150. The summed E-state index contributed by atoms with van der Waals surface area (Å²) in [6.45, 7) is 3.41. The molecule has 18 heteroatoms. The minimum Gasteiger partial charge on any atom is -0.460 e. The number of nitrogens with zero attached hydrogens (tertiary/aromatic N) is 4. The van der Waals surface area contributed by atoms with Crippen LogP contribution in [0.4, 0.5) is 0 Å². The lowest BCUT2D eigenvalue weighted by atomic mass is 10.1. The quantitative estimate of drug-likeness (QED) is 0.0789. The van der Waals surface area contributed by atoms with Crippen LogP contribution in [-0.4, -0.2) is 65.4 Å². The van der Waals surface area contributed by atoms with Crippen molar-refractivity contribution in [3.05, 3.63) is 76.7 Å². The molecule has 0 bridgehead atoms. The summed E-state index contributed by atoms with van der Waals surface area (Å²) in [4.78, 5) is 83.9. The molecule has 0 radical (unpaired) electrons. The van der Waals surface area contributed by atoms with E-state index in [1.54, 1.807) is 6.92 Å². The first kappa shape index (κ1) is 35.4. The van der Waals surface area contributed by atoms with Crippen LogP contribution >= 0.6 is 6.72 Å². The molecule has 1 saturated heterocycles. The largest absolute Gasteiger partial charge is 0.460 e. The van der Waals surface area contributed by atoms with Gasteiger partial charge in [-0.05, 0) is 68.7 Å². The van der Waals surface area contributed by atoms with E-state index in [1.165, 1.54) is 17.7 Å². The van der Waals surface area contributed by atoms with E-state index in [4.69, 9.17) is 30.3 Å². The van der Waals surface area contributed by atoms with Gasteiger partial charge in [-0.15, -0.1) is 0 Å². The highest BCUT2D eigenvalue weighted by molar-refractivity contribution is 8.07. The number of unbranched alkanes of at least 4 members (excludes halogenated alkanes) is 3. The Labute approximate surface area is 278 Å². The summed E-state index contributed by atoms with van der Waals surface area (Å²) in [6.07, 6.45) is 1.73. The summed E-state index contributed by atoms with van der Waals surface area (Å²) in [5, 5.41) is 0. The van der Waals surface area contributed by atoms with E-state index >= 15 is 0 Å². The van der Waals surface area contributed by atoms with Gasteiger partial charge in [0.25, 0.3) is 11.1 Å². The second-order valence-electron chi connectivity index (χ2n) is 11.7. The lowest BCUT2D eigenvalue weighted by Crippen LogP contribution is -2.33. The van der Waals surface area contributed by atoms with E-state index in [1.807, 2.05) is 30.5 Å². The SMILES string of the molecule is CC(=O)O[C@H]1C[C@H](n2cc(C)c(=O)[nH]c2=O)O[C@@H]1COP(O)(=S)OCCCCCCn1c2nc(=O)[nH]c(=O)c-2nc2cc(C)c(C)cc21. The maximum absolute atomic E-state index is 12.5. The normalized spacial score (nSPS) is 19.1. The van der Waals surface area contributed by atoms with E-state index in [0.717, 1.165) is 29.5 Å². The third-order valence-corrected chi connectivity index (χ3v) is 9.73. The summed E-state index contributed by atoms with van der Waals surface area (Å²) >= 11 is 5.17. The summed E-state index contributed by atoms with van der Waals surface area (Å²) in [5.74, 6) is -0.330. The van der Waals surface area contributed by atoms with Crippen molar-refractivity contribution in [2.75, 3.05) is 13.2 Å². The van der Waals surface area contributed by atoms with Gasteiger partial charge in [0.1, 0.15) is 18.4 Å². The molecule has 1 fully saturated rings. The number of nitrogens with one attached hydrogen (secondary N) is 2. The third kappa shape index (κ3) is 8.22. The summed E-state index contributed by atoms with van der Waals surface area (Å²) < 4.78 is 25.3. The average Bonchev–Trinajstić information content (AvgIpc) is 3.39. The van der Waals surface area contributed by atoms with Crippen molar-refractivity contribution in [3.63, 3.8) is 0 Å². The second-order valence-corrected chi connectivity index (χ2v) is 14.6. The first-order valence-corrected chi connectivity index (χ1v) is 18.0. The van der Waals surface area contributed by atoms with Gasteiger partial charge >= 0.3 is 24.1 Å². The van der Waals surface area contributed by atoms with Gasteiger partial charge in [0.05, 0.1) is 24.2 Å². The van der Waals surface area contributed by atoms with E-state index in [9.17, 15) is 28.9 Å². The van der Waals surface area contributed by atoms with Gasteiger partial charge in [0.15, 0.2) is 11.5 Å². The summed E-state index contributed by atoms with van der Waals surface area (Å²) in [7, 11) is 0. The molecule has 3 aliphatic rings. The van der Waals surface area contributed by atoms with Gasteiger partial charge in [0, 0.05) is 31.6 Å². The zero-order valence-corrected chi connectivity index (χ0v) is 28.6. The van der Waals surface area contributed by atoms with Crippen molar-refractivity contribution >= 4 is 35.5 Å². The number of aromatic nitrogens is 6. The van der Waals surface area contributed by atoms with Gasteiger partial charge in [-0.1, -0.05) is 12.8 Å². The number of carbonyl (C=O) groups excluding carboxylic acids is 1. The maximum atomic E-state index is 12.5. The predicted molar refractivity (Wildman–Crippen MR) is 178 cm³/mol. The summed E-state index contributed by atoms with van der Waals surface area (Å²) in [6, 6.07) is 3.88. The monoisotopic (exact) mass is 704 g/mol. The Bertz CT molecular complexity index is 2090. The molecule has 1 aromatic carbocycles. The molecular weight excluding hydrogens is 667 g/mol. The average molecular weight is 705 g/mol. The Morgan fingerprint density at radius 1 is 1.02 bits per heavy atom. The fourth-order valence-corrected chi connectivity index (χ4v) is 6.72. The number of benzene rings is 1. The van der Waals surface area contributed by atoms with Crippen molar-refractivity contribution < 1.29 is 28.2 Å². The Balaban J connectivity index is 1.13. The molecule has 2 aromatic rings. The van der Waals surface area contributed by atoms with Gasteiger partial charge in [-0.2, -0.15) is 4.98 Å². The number of H-pyrrole nitrogens is 2. The fourth-order valence-electron chi connectivity index (χ4n) is 5.55. The fraction of sp³-hybridized carbons (Fsp3) is 0.500. The highest BCUT2D eigenvalue weighted by atomic mass is 32.5. The number of hydrogen-bond acceptors (Lipinski definition) is 12. The predicted octanol–water partition coefficient (Wildman–Crippen LogP) is 2.09. The minimum absolute atomic E-state index is 0.102. The van der Waals surface area contributed by atoms with Crippen molar-refractivity contribution in [3.8, 4) is 11.5 Å². The van der Waals surface area contributed by atoms with Crippen molar-refractivity contribution in [1.82, 2.24) is 29.1 Å². The van der Waals surface area contributed by atoms with E-state index in [0.29, 0.717) is 30.5 Å². The van der Waals surface area contributed by atoms with Gasteiger partial charge in [-0.25, -0.2) is 14.6 Å². The number of esters is 1. The number of aryl methyl sites for hydroxylation is 4. The molecule has 4 heterocycles. The second kappa shape index (κ2) is 14.7. The Hall–Kier alpha value is -3.86. The third-order valence-electron chi connectivity index (χ3n) is 8.11. The van der Waals surface area contributed by atoms with E-state index in [2.05, 4.69) is 19.9 Å². The smallest absolute Gasteiger partial charge is 0.349 e. The Morgan fingerprint density at radius 3 is 2.50 bits per heavy atom. The van der Waals surface area contributed by atoms with E-state index in [-0.39, 0.29) is 31.2 Å². The van der Waals surface area contributed by atoms with Gasteiger partial charge in [0.2, 0.25) is 0 Å².